The van der Waals surface area contributed by atoms with Gasteiger partial charge in [-0.05, 0) is 34.7 Å². The minimum absolute atomic E-state index is 0.214. The third-order valence-electron chi connectivity index (χ3n) is 1.48. The number of nitriles is 1. The van der Waals surface area contributed by atoms with Gasteiger partial charge in [0.05, 0.1) is 14.7 Å². The van der Waals surface area contributed by atoms with Gasteiger partial charge in [-0.2, -0.15) is 18.4 Å². The summed E-state index contributed by atoms with van der Waals surface area (Å²) in [5, 5.41) is 8.37. The minimum Gasteiger partial charge on any atom is -0.204 e. The monoisotopic (exact) mass is 315 g/mol. The molecule has 0 N–H and O–H groups in total. The van der Waals surface area contributed by atoms with Gasteiger partial charge in [-0.15, -0.1) is 0 Å². The second-order valence-corrected chi connectivity index (χ2v) is 3.59. The number of hydrogen-bond acceptors (Lipinski definition) is 1. The first-order valence-electron chi connectivity index (χ1n) is 3.32. The maximum Gasteiger partial charge on any atom is 0.416 e. The molecule has 0 fully saturated rings. The minimum atomic E-state index is -4.56. The van der Waals surface area contributed by atoms with Gasteiger partial charge in [0.15, 0.2) is 5.82 Å². The van der Waals surface area contributed by atoms with E-state index < -0.39 is 23.1 Å². The Bertz CT molecular complexity index is 405. The number of halogens is 5. The molecule has 74 valence electrons. The Hall–Kier alpha value is -0.840. The lowest BCUT2D eigenvalue weighted by Crippen LogP contribution is -2.07. The highest BCUT2D eigenvalue weighted by Crippen LogP contribution is 2.32. The number of nitrogens with zero attached hydrogens (tertiary/aromatic N) is 1. The van der Waals surface area contributed by atoms with Crippen molar-refractivity contribution in [2.24, 2.45) is 0 Å². The van der Waals surface area contributed by atoms with E-state index in [0.717, 1.165) is 0 Å². The Labute approximate surface area is 90.5 Å². The van der Waals surface area contributed by atoms with Crippen LogP contribution in [0, 0.1) is 20.7 Å². The van der Waals surface area contributed by atoms with Gasteiger partial charge in [-0.1, -0.05) is 0 Å². The lowest BCUT2D eigenvalue weighted by molar-refractivity contribution is -0.137. The molecule has 6 heteroatoms. The van der Waals surface area contributed by atoms with Crippen LogP contribution in [-0.2, 0) is 6.18 Å². The zero-order chi connectivity index (χ0) is 10.9. The molecule has 0 amide bonds. The molecule has 0 aromatic heterocycles. The van der Waals surface area contributed by atoms with Crippen molar-refractivity contribution in [3.05, 3.63) is 32.6 Å². The van der Waals surface area contributed by atoms with Crippen molar-refractivity contribution < 1.29 is 17.6 Å². The summed E-state index contributed by atoms with van der Waals surface area (Å²) >= 11 is 1.41. The fraction of sp³-hybridized carbons (Fsp3) is 0.125. The number of rotatable bonds is 0. The summed E-state index contributed by atoms with van der Waals surface area (Å²) < 4.78 is 49.3. The number of hydrogen-bond donors (Lipinski definition) is 0. The summed E-state index contributed by atoms with van der Waals surface area (Å²) in [6.07, 6.45) is -4.56. The third-order valence-corrected chi connectivity index (χ3v) is 2.26. The molecule has 0 saturated heterocycles. The molecule has 0 bridgehead atoms. The molecule has 0 aliphatic heterocycles. The van der Waals surface area contributed by atoms with Gasteiger partial charge in [-0.3, -0.25) is 0 Å². The summed E-state index contributed by atoms with van der Waals surface area (Å²) in [5.74, 6) is -0.916. The van der Waals surface area contributed by atoms with Crippen molar-refractivity contribution >= 4 is 22.6 Å². The van der Waals surface area contributed by atoms with Crippen LogP contribution >= 0.6 is 22.6 Å². The fourth-order valence-corrected chi connectivity index (χ4v) is 1.46. The summed E-state index contributed by atoms with van der Waals surface area (Å²) in [4.78, 5) is 0. The molecule has 0 aliphatic rings. The normalized spacial score (nSPS) is 11.1. The van der Waals surface area contributed by atoms with Gasteiger partial charge in [0.2, 0.25) is 0 Å². The summed E-state index contributed by atoms with van der Waals surface area (Å²) in [5.41, 5.74) is -1.61. The molecule has 1 aromatic rings. The van der Waals surface area contributed by atoms with E-state index in [1.54, 1.807) is 0 Å². The average Bonchev–Trinajstić information content (AvgIpc) is 2.07. The molecule has 1 nitrogen and oxygen atoms in total. The van der Waals surface area contributed by atoms with Crippen LogP contribution in [0.2, 0.25) is 0 Å². The van der Waals surface area contributed by atoms with Crippen molar-refractivity contribution in [1.29, 1.82) is 5.26 Å². The molecule has 1 aromatic carbocycles. The fourth-order valence-electron chi connectivity index (χ4n) is 0.834. The molecule has 0 spiro atoms. The summed E-state index contributed by atoms with van der Waals surface area (Å²) in [6.45, 7) is 0. The maximum atomic E-state index is 13.0. The molecule has 0 unspecified atom stereocenters. The van der Waals surface area contributed by atoms with Gasteiger partial charge in [0.25, 0.3) is 0 Å². The Morgan fingerprint density at radius 2 is 1.86 bits per heavy atom. The highest BCUT2D eigenvalue weighted by molar-refractivity contribution is 14.1. The van der Waals surface area contributed by atoms with Crippen LogP contribution in [-0.4, -0.2) is 0 Å². The second-order valence-electron chi connectivity index (χ2n) is 2.43. The highest BCUT2D eigenvalue weighted by Gasteiger charge is 2.32. The first-order chi connectivity index (χ1) is 6.36. The van der Waals surface area contributed by atoms with Crippen molar-refractivity contribution in [2.75, 3.05) is 0 Å². The van der Waals surface area contributed by atoms with Gasteiger partial charge in [-0.25, -0.2) is 4.39 Å². The van der Waals surface area contributed by atoms with E-state index in [0.29, 0.717) is 12.1 Å². The molecular formula is C8H2F4IN. The van der Waals surface area contributed by atoms with Crippen LogP contribution in [0.4, 0.5) is 17.6 Å². The Morgan fingerprint density at radius 1 is 1.29 bits per heavy atom. The first kappa shape index (κ1) is 11.2. The van der Waals surface area contributed by atoms with E-state index in [-0.39, 0.29) is 3.57 Å². The second kappa shape index (κ2) is 3.73. The SMILES string of the molecule is N#Cc1cc(C(F)(F)F)cc(I)c1F. The van der Waals surface area contributed by atoms with Crippen LogP contribution in [0.25, 0.3) is 0 Å². The van der Waals surface area contributed by atoms with Crippen molar-refractivity contribution in [2.45, 2.75) is 6.18 Å². The predicted molar refractivity (Wildman–Crippen MR) is 48.8 cm³/mol. The van der Waals surface area contributed by atoms with E-state index in [9.17, 15) is 17.6 Å². The number of benzene rings is 1. The zero-order valence-corrected chi connectivity index (χ0v) is 8.65. The van der Waals surface area contributed by atoms with Crippen LogP contribution in [0.15, 0.2) is 12.1 Å². The molecule has 0 saturated carbocycles. The Morgan fingerprint density at radius 3 is 2.29 bits per heavy atom. The smallest absolute Gasteiger partial charge is 0.204 e. The Balaban J connectivity index is 3.40. The number of alkyl halides is 3. The van der Waals surface area contributed by atoms with Gasteiger partial charge < -0.3 is 0 Å². The molecule has 0 atom stereocenters. The van der Waals surface area contributed by atoms with E-state index in [2.05, 4.69) is 0 Å². The highest BCUT2D eigenvalue weighted by atomic mass is 127. The molecule has 14 heavy (non-hydrogen) atoms. The molecule has 0 heterocycles. The molecule has 1 rings (SSSR count). The topological polar surface area (TPSA) is 23.8 Å². The quantitative estimate of drug-likeness (QED) is 0.532. The van der Waals surface area contributed by atoms with Crippen LogP contribution in [0.1, 0.15) is 11.1 Å². The lowest BCUT2D eigenvalue weighted by atomic mass is 10.1. The third kappa shape index (κ3) is 2.15. The average molecular weight is 315 g/mol. The van der Waals surface area contributed by atoms with Crippen molar-refractivity contribution in [3.63, 3.8) is 0 Å². The van der Waals surface area contributed by atoms with Crippen molar-refractivity contribution in [1.82, 2.24) is 0 Å². The standard InChI is InChI=1S/C8H2F4IN/c9-7-4(3-14)1-5(2-6(7)13)8(10,11)12/h1-2H. The van der Waals surface area contributed by atoms with Crippen LogP contribution in [0.3, 0.4) is 0 Å². The molecule has 0 radical (unpaired) electrons. The lowest BCUT2D eigenvalue weighted by Gasteiger charge is -2.07. The summed E-state index contributed by atoms with van der Waals surface area (Å²) in [7, 11) is 0. The van der Waals surface area contributed by atoms with E-state index in [1.807, 2.05) is 0 Å². The molecule has 0 aliphatic carbocycles. The predicted octanol–water partition coefficient (Wildman–Crippen LogP) is 3.32. The van der Waals surface area contributed by atoms with Gasteiger partial charge in [0.1, 0.15) is 6.07 Å². The van der Waals surface area contributed by atoms with E-state index in [1.165, 1.54) is 28.7 Å². The summed E-state index contributed by atoms with van der Waals surface area (Å²) in [6, 6.07) is 2.53. The van der Waals surface area contributed by atoms with Gasteiger partial charge in [0, 0.05) is 0 Å². The first-order valence-corrected chi connectivity index (χ1v) is 4.40. The zero-order valence-electron chi connectivity index (χ0n) is 6.49. The van der Waals surface area contributed by atoms with E-state index in [4.69, 9.17) is 5.26 Å². The van der Waals surface area contributed by atoms with E-state index >= 15 is 0 Å². The largest absolute Gasteiger partial charge is 0.416 e. The maximum absolute atomic E-state index is 13.0. The van der Waals surface area contributed by atoms with Crippen LogP contribution < -0.4 is 0 Å². The van der Waals surface area contributed by atoms with Crippen molar-refractivity contribution in [3.8, 4) is 6.07 Å². The molecular weight excluding hydrogens is 313 g/mol. The van der Waals surface area contributed by atoms with Crippen LogP contribution in [0.5, 0.6) is 0 Å². The Kier molecular flexibility index (Phi) is 2.99. The van der Waals surface area contributed by atoms with Gasteiger partial charge >= 0.3 is 6.18 Å².